The van der Waals surface area contributed by atoms with Crippen molar-refractivity contribution < 1.29 is 14.8 Å². The molecule has 0 aliphatic rings. The van der Waals surface area contributed by atoms with Crippen LogP contribution in [0.25, 0.3) is 10.8 Å². The lowest BCUT2D eigenvalue weighted by molar-refractivity contribution is 0.0706. The van der Waals surface area contributed by atoms with Gasteiger partial charge in [-0.2, -0.15) is 0 Å². The van der Waals surface area contributed by atoms with Gasteiger partial charge in [0.25, 0.3) is 11.8 Å². The lowest BCUT2D eigenvalue weighted by Crippen LogP contribution is -2.24. The standard InChI is InChI=1S/C24H27N3O3/c1-3-27(4-2)16-17-13-20-7-5-6-8-22(20)21(14-17)15-25-23(28)18-9-11-19(12-10-18)24(29)26-30/h5-14,30H,3-4,15-16H2,1-2H3,(H,25,28)(H,26,29). The second-order valence-corrected chi connectivity index (χ2v) is 7.14. The van der Waals surface area contributed by atoms with Gasteiger partial charge in [-0.1, -0.05) is 44.2 Å². The Morgan fingerprint density at radius 3 is 2.17 bits per heavy atom. The third-order valence-electron chi connectivity index (χ3n) is 5.26. The van der Waals surface area contributed by atoms with Gasteiger partial charge in [0.05, 0.1) is 0 Å². The molecule has 6 nitrogen and oxygen atoms in total. The molecule has 0 radical (unpaired) electrons. The summed E-state index contributed by atoms with van der Waals surface area (Å²) in [4.78, 5) is 26.4. The second-order valence-electron chi connectivity index (χ2n) is 7.14. The van der Waals surface area contributed by atoms with Crippen LogP contribution in [-0.2, 0) is 13.1 Å². The highest BCUT2D eigenvalue weighted by Gasteiger charge is 2.11. The van der Waals surface area contributed by atoms with Gasteiger partial charge >= 0.3 is 0 Å². The number of hydrogen-bond acceptors (Lipinski definition) is 4. The Morgan fingerprint density at radius 1 is 0.900 bits per heavy atom. The van der Waals surface area contributed by atoms with Crippen LogP contribution in [0, 0.1) is 0 Å². The van der Waals surface area contributed by atoms with Gasteiger partial charge in [0.2, 0.25) is 0 Å². The van der Waals surface area contributed by atoms with Crippen LogP contribution in [-0.4, -0.2) is 35.0 Å². The fourth-order valence-corrected chi connectivity index (χ4v) is 3.52. The molecule has 3 aromatic carbocycles. The number of nitrogens with one attached hydrogen (secondary N) is 2. The van der Waals surface area contributed by atoms with Crippen molar-refractivity contribution in [2.24, 2.45) is 0 Å². The highest BCUT2D eigenvalue weighted by atomic mass is 16.5. The zero-order valence-electron chi connectivity index (χ0n) is 17.3. The summed E-state index contributed by atoms with van der Waals surface area (Å²) in [6.07, 6.45) is 0. The molecule has 0 aliphatic heterocycles. The third kappa shape index (κ3) is 5.03. The van der Waals surface area contributed by atoms with Crippen LogP contribution < -0.4 is 10.8 Å². The molecule has 0 atom stereocenters. The second kappa shape index (κ2) is 10.0. The van der Waals surface area contributed by atoms with E-state index in [-0.39, 0.29) is 11.5 Å². The Balaban J connectivity index is 1.79. The van der Waals surface area contributed by atoms with Crippen LogP contribution in [0.4, 0.5) is 0 Å². The zero-order chi connectivity index (χ0) is 21.5. The number of fused-ring (bicyclic) bond motifs is 1. The molecule has 0 bridgehead atoms. The molecule has 0 aliphatic carbocycles. The number of hydrogen-bond donors (Lipinski definition) is 3. The molecule has 3 rings (SSSR count). The third-order valence-corrected chi connectivity index (χ3v) is 5.26. The van der Waals surface area contributed by atoms with Gasteiger partial charge in [-0.3, -0.25) is 19.7 Å². The summed E-state index contributed by atoms with van der Waals surface area (Å²) in [6.45, 7) is 7.55. The lowest BCUT2D eigenvalue weighted by Gasteiger charge is -2.19. The molecule has 30 heavy (non-hydrogen) atoms. The van der Waals surface area contributed by atoms with Crippen molar-refractivity contribution in [1.82, 2.24) is 15.7 Å². The molecule has 0 spiro atoms. The maximum Gasteiger partial charge on any atom is 0.274 e. The van der Waals surface area contributed by atoms with E-state index in [4.69, 9.17) is 5.21 Å². The highest BCUT2D eigenvalue weighted by Crippen LogP contribution is 2.22. The van der Waals surface area contributed by atoms with Crippen molar-refractivity contribution in [2.45, 2.75) is 26.9 Å². The fraction of sp³-hybridized carbons (Fsp3) is 0.250. The predicted octanol–water partition coefficient (Wildman–Crippen LogP) is 3.73. The Labute approximate surface area is 176 Å². The van der Waals surface area contributed by atoms with Crippen molar-refractivity contribution in [3.05, 3.63) is 82.9 Å². The first-order valence-corrected chi connectivity index (χ1v) is 10.1. The minimum Gasteiger partial charge on any atom is -0.348 e. The van der Waals surface area contributed by atoms with Crippen molar-refractivity contribution in [2.75, 3.05) is 13.1 Å². The summed E-state index contributed by atoms with van der Waals surface area (Å²) in [5.41, 5.74) is 4.60. The van der Waals surface area contributed by atoms with Gasteiger partial charge in [0.15, 0.2) is 0 Å². The summed E-state index contributed by atoms with van der Waals surface area (Å²) in [5, 5.41) is 13.9. The van der Waals surface area contributed by atoms with E-state index in [0.29, 0.717) is 12.1 Å². The Hall–Kier alpha value is -3.22. The molecule has 6 heteroatoms. The molecule has 156 valence electrons. The van der Waals surface area contributed by atoms with E-state index >= 15 is 0 Å². The first-order valence-electron chi connectivity index (χ1n) is 10.1. The topological polar surface area (TPSA) is 81.7 Å². The summed E-state index contributed by atoms with van der Waals surface area (Å²) in [6, 6.07) is 18.7. The molecule has 0 saturated heterocycles. The Morgan fingerprint density at radius 2 is 1.53 bits per heavy atom. The molecular weight excluding hydrogens is 378 g/mol. The first-order chi connectivity index (χ1) is 14.5. The van der Waals surface area contributed by atoms with Gasteiger partial charge in [-0.15, -0.1) is 0 Å². The first kappa shape index (κ1) is 21.5. The smallest absolute Gasteiger partial charge is 0.274 e. The molecule has 0 heterocycles. The summed E-state index contributed by atoms with van der Waals surface area (Å²) in [5.74, 6) is -0.831. The Kier molecular flexibility index (Phi) is 7.17. The fourth-order valence-electron chi connectivity index (χ4n) is 3.52. The van der Waals surface area contributed by atoms with Crippen LogP contribution >= 0.6 is 0 Å². The zero-order valence-corrected chi connectivity index (χ0v) is 17.3. The molecule has 0 fully saturated rings. The van der Waals surface area contributed by atoms with E-state index in [1.165, 1.54) is 17.7 Å². The van der Waals surface area contributed by atoms with Crippen LogP contribution in [0.5, 0.6) is 0 Å². The van der Waals surface area contributed by atoms with Crippen molar-refractivity contribution in [3.8, 4) is 0 Å². The number of carbonyl (C=O) groups excluding carboxylic acids is 2. The van der Waals surface area contributed by atoms with Crippen LogP contribution in [0.3, 0.4) is 0 Å². The maximum atomic E-state index is 12.6. The summed E-state index contributed by atoms with van der Waals surface area (Å²) < 4.78 is 0. The van der Waals surface area contributed by atoms with Crippen molar-refractivity contribution in [3.63, 3.8) is 0 Å². The van der Waals surface area contributed by atoms with E-state index in [2.05, 4.69) is 48.3 Å². The van der Waals surface area contributed by atoms with E-state index in [1.54, 1.807) is 17.6 Å². The minimum atomic E-state index is -0.613. The SMILES string of the molecule is CCN(CC)Cc1cc(CNC(=O)c2ccc(C(=O)NO)cc2)c2ccccc2c1. The largest absolute Gasteiger partial charge is 0.348 e. The van der Waals surface area contributed by atoms with Crippen LogP contribution in [0.1, 0.15) is 45.7 Å². The van der Waals surface area contributed by atoms with E-state index in [9.17, 15) is 9.59 Å². The molecule has 0 saturated carbocycles. The van der Waals surface area contributed by atoms with Gasteiger partial charge < -0.3 is 5.32 Å². The van der Waals surface area contributed by atoms with E-state index in [1.807, 2.05) is 12.1 Å². The molecule has 0 unspecified atom stereocenters. The van der Waals surface area contributed by atoms with E-state index < -0.39 is 5.91 Å². The summed E-state index contributed by atoms with van der Waals surface area (Å²) >= 11 is 0. The molecule has 3 N–H and O–H groups in total. The molecule has 2 amide bonds. The molecule has 0 aromatic heterocycles. The average Bonchev–Trinajstić information content (AvgIpc) is 2.80. The number of rotatable bonds is 8. The minimum absolute atomic E-state index is 0.218. The van der Waals surface area contributed by atoms with Crippen molar-refractivity contribution in [1.29, 1.82) is 0 Å². The summed E-state index contributed by atoms with van der Waals surface area (Å²) in [7, 11) is 0. The van der Waals surface area contributed by atoms with E-state index in [0.717, 1.165) is 36.0 Å². The van der Waals surface area contributed by atoms with Gasteiger partial charge in [-0.05, 0) is 65.3 Å². The number of hydroxylamine groups is 1. The van der Waals surface area contributed by atoms with Gasteiger partial charge in [0.1, 0.15) is 0 Å². The number of nitrogens with zero attached hydrogens (tertiary/aromatic N) is 1. The lowest BCUT2D eigenvalue weighted by atomic mass is 10.00. The number of benzene rings is 3. The van der Waals surface area contributed by atoms with Gasteiger partial charge in [0, 0.05) is 24.2 Å². The molecule has 3 aromatic rings. The predicted molar refractivity (Wildman–Crippen MR) is 117 cm³/mol. The monoisotopic (exact) mass is 405 g/mol. The Bertz CT molecular complexity index is 1030. The number of amides is 2. The quantitative estimate of drug-likeness (QED) is 0.394. The normalized spacial score (nSPS) is 10.9. The van der Waals surface area contributed by atoms with Crippen molar-refractivity contribution >= 4 is 22.6 Å². The van der Waals surface area contributed by atoms with Gasteiger partial charge in [-0.25, -0.2) is 5.48 Å². The molecular formula is C24H27N3O3. The number of carbonyl (C=O) groups is 2. The average molecular weight is 405 g/mol. The maximum absolute atomic E-state index is 12.6. The van der Waals surface area contributed by atoms with Crippen LogP contribution in [0.15, 0.2) is 60.7 Å². The van der Waals surface area contributed by atoms with Crippen LogP contribution in [0.2, 0.25) is 0 Å². The highest BCUT2D eigenvalue weighted by molar-refractivity contribution is 5.97.